The van der Waals surface area contributed by atoms with E-state index in [1.807, 2.05) is 0 Å². The Hall–Kier alpha value is -3.54. The van der Waals surface area contributed by atoms with Crippen LogP contribution in [0.3, 0.4) is 0 Å². The third-order valence-corrected chi connectivity index (χ3v) is 8.35. The number of benzene rings is 5. The molecule has 2 atom stereocenters. The third-order valence-electron chi connectivity index (χ3n) is 8.35. The zero-order valence-electron chi connectivity index (χ0n) is 24.1. The van der Waals surface area contributed by atoms with Gasteiger partial charge in [-0.15, -0.1) is 0 Å². The molecule has 2 saturated heterocycles. The molecule has 0 N–H and O–H groups in total. The van der Waals surface area contributed by atoms with Crippen molar-refractivity contribution in [2.75, 3.05) is 33.0 Å². The molecule has 4 nitrogen and oxygen atoms in total. The smallest absolute Gasteiger partial charge is 0.104 e. The van der Waals surface area contributed by atoms with Gasteiger partial charge in [0.05, 0.1) is 33.0 Å². The average Bonchev–Trinajstić information content (AvgIpc) is 3.97. The predicted molar refractivity (Wildman–Crippen MR) is 170 cm³/mol. The maximum absolute atomic E-state index is 5.82. The second kappa shape index (κ2) is 12.8. The fraction of sp³-hybridized carbons (Fsp3) is 0.316. The number of hydrogen-bond donors (Lipinski definition) is 0. The molecule has 4 heteroatoms. The van der Waals surface area contributed by atoms with Crippen molar-refractivity contribution in [1.29, 1.82) is 0 Å². The van der Waals surface area contributed by atoms with Gasteiger partial charge in [0.15, 0.2) is 0 Å². The number of hydrogen-bond acceptors (Lipinski definition) is 4. The van der Waals surface area contributed by atoms with Gasteiger partial charge in [-0.05, 0) is 74.2 Å². The van der Waals surface area contributed by atoms with Crippen molar-refractivity contribution >= 4 is 21.5 Å². The van der Waals surface area contributed by atoms with Crippen molar-refractivity contribution in [3.05, 3.63) is 108 Å². The van der Waals surface area contributed by atoms with Gasteiger partial charge in [-0.3, -0.25) is 0 Å². The molecule has 5 aromatic rings. The van der Waals surface area contributed by atoms with Gasteiger partial charge in [0.1, 0.15) is 12.2 Å². The highest BCUT2D eigenvalue weighted by Gasteiger charge is 2.23. The fourth-order valence-corrected chi connectivity index (χ4v) is 5.92. The zero-order chi connectivity index (χ0) is 28.1. The van der Waals surface area contributed by atoms with Crippen molar-refractivity contribution < 1.29 is 18.9 Å². The second-order valence-electron chi connectivity index (χ2n) is 11.5. The van der Waals surface area contributed by atoms with Crippen LogP contribution in [0, 0.1) is 0 Å². The molecule has 0 bridgehead atoms. The van der Waals surface area contributed by atoms with Crippen LogP contribution in [0.15, 0.2) is 97.1 Å². The number of fused-ring (bicyclic) bond motifs is 2. The minimum absolute atomic E-state index is 0.291. The van der Waals surface area contributed by atoms with Crippen LogP contribution in [-0.4, -0.2) is 45.2 Å². The Kier molecular flexibility index (Phi) is 8.30. The highest BCUT2D eigenvalue weighted by atomic mass is 16.6. The summed E-state index contributed by atoms with van der Waals surface area (Å²) in [4.78, 5) is 0. The molecule has 5 aromatic carbocycles. The number of unbranched alkanes of at least 4 members (excludes halogenated alkanes) is 2. The molecule has 2 unspecified atom stereocenters. The van der Waals surface area contributed by atoms with E-state index in [2.05, 4.69) is 97.1 Å². The Morgan fingerprint density at radius 3 is 1.50 bits per heavy atom. The van der Waals surface area contributed by atoms with Crippen LogP contribution < -0.4 is 0 Å². The highest BCUT2D eigenvalue weighted by molar-refractivity contribution is 6.21. The summed E-state index contributed by atoms with van der Waals surface area (Å²) < 4.78 is 22.0. The first-order chi connectivity index (χ1) is 20.8. The quantitative estimate of drug-likeness (QED) is 0.0780. The lowest BCUT2D eigenvalue weighted by Gasteiger charge is -2.18. The fourth-order valence-electron chi connectivity index (χ4n) is 5.92. The summed E-state index contributed by atoms with van der Waals surface area (Å²) in [5.74, 6) is 0. The summed E-state index contributed by atoms with van der Waals surface area (Å²) in [6.07, 6.45) is 5.23. The van der Waals surface area contributed by atoms with E-state index in [1.54, 1.807) is 0 Å². The lowest BCUT2D eigenvalue weighted by molar-refractivity contribution is 0.104. The van der Waals surface area contributed by atoms with E-state index >= 15 is 0 Å². The number of rotatable bonds is 14. The molecule has 0 aliphatic carbocycles. The first kappa shape index (κ1) is 27.3. The summed E-state index contributed by atoms with van der Waals surface area (Å²) >= 11 is 0. The van der Waals surface area contributed by atoms with E-state index in [1.165, 1.54) is 67.8 Å². The Morgan fingerprint density at radius 2 is 1.00 bits per heavy atom. The molecule has 0 amide bonds. The van der Waals surface area contributed by atoms with E-state index in [0.29, 0.717) is 25.4 Å². The van der Waals surface area contributed by atoms with Crippen LogP contribution >= 0.6 is 0 Å². The maximum Gasteiger partial charge on any atom is 0.104 e. The van der Waals surface area contributed by atoms with Gasteiger partial charge in [0.2, 0.25) is 0 Å². The molecule has 0 radical (unpaired) electrons. The lowest BCUT2D eigenvalue weighted by atomic mass is 9.85. The molecule has 7 rings (SSSR count). The van der Waals surface area contributed by atoms with E-state index < -0.39 is 0 Å². The van der Waals surface area contributed by atoms with Crippen LogP contribution in [0.5, 0.6) is 0 Å². The number of ether oxygens (including phenoxy) is 4. The second-order valence-corrected chi connectivity index (χ2v) is 11.5. The van der Waals surface area contributed by atoms with Gasteiger partial charge in [-0.2, -0.15) is 0 Å². The summed E-state index contributed by atoms with van der Waals surface area (Å²) in [6, 6.07) is 35.8. The van der Waals surface area contributed by atoms with Gasteiger partial charge in [0.25, 0.3) is 0 Å². The van der Waals surface area contributed by atoms with E-state index in [-0.39, 0.29) is 0 Å². The van der Waals surface area contributed by atoms with Crippen LogP contribution in [0.4, 0.5) is 0 Å². The minimum atomic E-state index is 0.291. The van der Waals surface area contributed by atoms with Crippen LogP contribution in [0.1, 0.15) is 30.4 Å². The van der Waals surface area contributed by atoms with Crippen molar-refractivity contribution in [1.82, 2.24) is 0 Å². The zero-order valence-corrected chi connectivity index (χ0v) is 24.1. The van der Waals surface area contributed by atoms with Gasteiger partial charge >= 0.3 is 0 Å². The first-order valence-corrected chi connectivity index (χ1v) is 15.3. The maximum atomic E-state index is 5.82. The third kappa shape index (κ3) is 6.43. The van der Waals surface area contributed by atoms with E-state index in [0.717, 1.165) is 39.3 Å². The molecule has 2 aliphatic rings. The molecule has 2 heterocycles. The number of aryl methyl sites for hydroxylation is 1. The minimum Gasteiger partial charge on any atom is -0.379 e. The van der Waals surface area contributed by atoms with Crippen LogP contribution in [0.25, 0.3) is 43.8 Å². The highest BCUT2D eigenvalue weighted by Crippen LogP contribution is 2.43. The normalized spacial score (nSPS) is 17.6. The lowest BCUT2D eigenvalue weighted by Crippen LogP contribution is -2.02. The molecular formula is C38H38O4. The van der Waals surface area contributed by atoms with Crippen molar-refractivity contribution in [3.8, 4) is 22.3 Å². The van der Waals surface area contributed by atoms with Crippen LogP contribution in [-0.2, 0) is 32.0 Å². The molecule has 0 aromatic heterocycles. The van der Waals surface area contributed by atoms with Gasteiger partial charge in [-0.25, -0.2) is 0 Å². The first-order valence-electron chi connectivity index (χ1n) is 15.3. The van der Waals surface area contributed by atoms with Crippen molar-refractivity contribution in [2.45, 2.75) is 44.5 Å². The van der Waals surface area contributed by atoms with Gasteiger partial charge in [-0.1, -0.05) is 103 Å². The van der Waals surface area contributed by atoms with E-state index in [9.17, 15) is 0 Å². The largest absolute Gasteiger partial charge is 0.379 e. The summed E-state index contributed by atoms with van der Waals surface area (Å²) in [5.41, 5.74) is 7.66. The topological polar surface area (TPSA) is 43.5 Å². The standard InChI is InChI=1S/C38H38O4/c1(7-21-39-23-31-25-41-31)2-8-27-13-17-29(18-14-27)37-33-9-3-5-11-35(33)38(36-12-6-4-10-34(36)37)30-19-15-28(16-20-30)22-40-24-32-26-42-32/h3-6,9-20,31-32H,1-2,7-8,21-26H2. The Morgan fingerprint density at radius 1 is 0.524 bits per heavy atom. The molecule has 0 saturated carbocycles. The molecule has 2 fully saturated rings. The average molecular weight is 559 g/mol. The SMILES string of the molecule is c1ccc2c(-c3ccc(COCC4CO4)cc3)c3ccccc3c(-c3ccc(CCCCCOCC4CO4)cc3)c2c1. The monoisotopic (exact) mass is 558 g/mol. The van der Waals surface area contributed by atoms with E-state index in [4.69, 9.17) is 18.9 Å². The Bertz CT molecular complexity index is 1580. The number of epoxide rings is 2. The summed E-state index contributed by atoms with van der Waals surface area (Å²) in [7, 11) is 0. The molecule has 214 valence electrons. The van der Waals surface area contributed by atoms with Crippen LogP contribution in [0.2, 0.25) is 0 Å². The predicted octanol–water partition coefficient (Wildman–Crippen LogP) is 8.37. The van der Waals surface area contributed by atoms with Gasteiger partial charge in [0, 0.05) is 6.61 Å². The Balaban J connectivity index is 1.13. The summed E-state index contributed by atoms with van der Waals surface area (Å²) in [5, 5.41) is 5.13. The Labute approximate surface area is 248 Å². The van der Waals surface area contributed by atoms with Crippen molar-refractivity contribution in [3.63, 3.8) is 0 Å². The molecule has 42 heavy (non-hydrogen) atoms. The van der Waals surface area contributed by atoms with Gasteiger partial charge < -0.3 is 18.9 Å². The molecular weight excluding hydrogens is 520 g/mol. The molecule has 0 spiro atoms. The summed E-state index contributed by atoms with van der Waals surface area (Å²) in [6.45, 7) is 4.57. The molecule has 2 aliphatic heterocycles. The van der Waals surface area contributed by atoms with Crippen molar-refractivity contribution in [2.24, 2.45) is 0 Å².